The lowest BCUT2D eigenvalue weighted by Gasteiger charge is -2.29. The zero-order valence-electron chi connectivity index (χ0n) is 19.5. The second-order valence-electron chi connectivity index (χ2n) is 8.46. The molecule has 4 rings (SSSR count). The summed E-state index contributed by atoms with van der Waals surface area (Å²) in [6, 6.07) is 6.12. The second kappa shape index (κ2) is 10.6. The number of carbonyl (C=O) groups excluding carboxylic acids is 1. The van der Waals surface area contributed by atoms with Crippen LogP contribution in [0, 0.1) is 0 Å². The predicted octanol–water partition coefficient (Wildman–Crippen LogP) is 4.39. The number of rotatable bonds is 7. The van der Waals surface area contributed by atoms with Gasteiger partial charge in [0.1, 0.15) is 5.75 Å². The molecule has 1 N–H and O–H groups in total. The summed E-state index contributed by atoms with van der Waals surface area (Å²) >= 11 is 0. The first kappa shape index (κ1) is 23.0. The van der Waals surface area contributed by atoms with Crippen LogP contribution in [0.2, 0.25) is 0 Å². The molecule has 0 saturated heterocycles. The number of ether oxygens (including phenoxy) is 1. The third-order valence-corrected chi connectivity index (χ3v) is 6.25. The van der Waals surface area contributed by atoms with Gasteiger partial charge in [-0.3, -0.25) is 14.6 Å². The molecule has 0 fully saturated rings. The third kappa shape index (κ3) is 5.27. The summed E-state index contributed by atoms with van der Waals surface area (Å²) in [7, 11) is 1.69. The molecule has 0 aliphatic carbocycles. The molecule has 0 atom stereocenters. The Morgan fingerprint density at radius 1 is 1.15 bits per heavy atom. The molecule has 1 aromatic carbocycles. The molecule has 0 aromatic heterocycles. The third-order valence-electron chi connectivity index (χ3n) is 6.25. The number of benzene rings is 1. The van der Waals surface area contributed by atoms with E-state index in [0.29, 0.717) is 6.54 Å². The van der Waals surface area contributed by atoms with Crippen LogP contribution in [0.25, 0.3) is 5.57 Å². The number of aliphatic hydroxyl groups is 1. The van der Waals surface area contributed by atoms with Crippen molar-refractivity contribution in [2.75, 3.05) is 33.4 Å². The van der Waals surface area contributed by atoms with E-state index in [1.807, 2.05) is 42.6 Å². The minimum absolute atomic E-state index is 0.0615. The van der Waals surface area contributed by atoms with Crippen molar-refractivity contribution in [3.63, 3.8) is 0 Å². The van der Waals surface area contributed by atoms with Gasteiger partial charge in [-0.25, -0.2) is 0 Å². The van der Waals surface area contributed by atoms with Gasteiger partial charge in [0.15, 0.2) is 0 Å². The van der Waals surface area contributed by atoms with Crippen LogP contribution in [0.4, 0.5) is 0 Å². The van der Waals surface area contributed by atoms with Gasteiger partial charge in [0, 0.05) is 37.6 Å². The number of allylic oxidation sites excluding steroid dienone is 7. The Balaban J connectivity index is 1.61. The summed E-state index contributed by atoms with van der Waals surface area (Å²) in [5.41, 5.74) is 6.22. The minimum Gasteiger partial charge on any atom is -0.496 e. The second-order valence-corrected chi connectivity index (χ2v) is 8.46. The molecule has 1 aromatic rings. The fraction of sp³-hybridized carbons (Fsp3) is 0.321. The lowest BCUT2D eigenvalue weighted by molar-refractivity contribution is -0.122. The zero-order valence-corrected chi connectivity index (χ0v) is 19.5. The summed E-state index contributed by atoms with van der Waals surface area (Å²) in [5, 5.41) is 9.16. The smallest absolute Gasteiger partial charge is 0.255 e. The number of methoxy groups -OCH3 is 1. The number of fused-ring (bicyclic) bond motifs is 1. The first-order chi connectivity index (χ1) is 16.1. The largest absolute Gasteiger partial charge is 0.496 e. The van der Waals surface area contributed by atoms with Gasteiger partial charge in [-0.1, -0.05) is 43.7 Å². The maximum absolute atomic E-state index is 13.3. The Bertz CT molecular complexity index is 1090. The van der Waals surface area contributed by atoms with E-state index < -0.39 is 0 Å². The van der Waals surface area contributed by atoms with Crippen molar-refractivity contribution in [2.45, 2.75) is 26.2 Å². The van der Waals surface area contributed by atoms with E-state index in [0.717, 1.165) is 66.1 Å². The van der Waals surface area contributed by atoms with Crippen molar-refractivity contribution in [2.24, 2.45) is 0 Å². The molecular weight excluding hydrogens is 412 g/mol. The summed E-state index contributed by atoms with van der Waals surface area (Å²) < 4.78 is 5.51. The molecule has 5 nitrogen and oxygen atoms in total. The SMILES string of the molecule is CCCc1cc(C2=C\C(=O)N3C=C(C4=CCN(CCO)CC4)C=C\C3=C/C=C/2)ccc1OC. The minimum atomic E-state index is -0.0615. The molecule has 172 valence electrons. The Morgan fingerprint density at radius 3 is 2.76 bits per heavy atom. The van der Waals surface area contributed by atoms with Gasteiger partial charge in [-0.05, 0) is 65.0 Å². The number of hydrogen-bond donors (Lipinski definition) is 1. The van der Waals surface area contributed by atoms with E-state index in [9.17, 15) is 4.79 Å². The van der Waals surface area contributed by atoms with Crippen LogP contribution >= 0.6 is 0 Å². The molecule has 3 heterocycles. The molecule has 0 radical (unpaired) electrons. The van der Waals surface area contributed by atoms with Crippen molar-refractivity contribution < 1.29 is 14.6 Å². The number of hydrogen-bond acceptors (Lipinski definition) is 4. The Labute approximate surface area is 196 Å². The number of β-amino-alcohol motifs (C(OH)–C–C–N with tert-alkyl or cyclic N) is 1. The molecule has 33 heavy (non-hydrogen) atoms. The number of aliphatic hydroxyl groups excluding tert-OH is 1. The molecule has 5 heteroatoms. The number of aryl methyl sites for hydroxylation is 1. The van der Waals surface area contributed by atoms with E-state index in [2.05, 4.69) is 30.0 Å². The first-order valence-electron chi connectivity index (χ1n) is 11.7. The normalized spacial score (nSPS) is 22.8. The average molecular weight is 445 g/mol. The fourth-order valence-electron chi connectivity index (χ4n) is 4.45. The van der Waals surface area contributed by atoms with E-state index in [-0.39, 0.29) is 12.5 Å². The summed E-state index contributed by atoms with van der Waals surface area (Å²) in [5.74, 6) is 0.824. The van der Waals surface area contributed by atoms with Crippen molar-refractivity contribution in [3.05, 3.63) is 94.9 Å². The highest BCUT2D eigenvalue weighted by Gasteiger charge is 2.21. The Hall–Kier alpha value is -3.15. The maximum Gasteiger partial charge on any atom is 0.255 e. The van der Waals surface area contributed by atoms with Gasteiger partial charge in [0.25, 0.3) is 5.91 Å². The highest BCUT2D eigenvalue weighted by molar-refractivity contribution is 6.00. The lowest BCUT2D eigenvalue weighted by atomic mass is 9.96. The molecule has 0 unspecified atom stereocenters. The van der Waals surface area contributed by atoms with Crippen LogP contribution in [-0.4, -0.2) is 54.2 Å². The molecule has 1 amide bonds. The van der Waals surface area contributed by atoms with Gasteiger partial charge in [0.05, 0.1) is 13.7 Å². The van der Waals surface area contributed by atoms with Crippen LogP contribution < -0.4 is 4.74 Å². The molecule has 3 aliphatic heterocycles. The van der Waals surface area contributed by atoms with Crippen LogP contribution in [0.3, 0.4) is 0 Å². The van der Waals surface area contributed by atoms with E-state index in [4.69, 9.17) is 9.84 Å². The number of nitrogens with zero attached hydrogens (tertiary/aromatic N) is 2. The van der Waals surface area contributed by atoms with Gasteiger partial charge in [-0.15, -0.1) is 0 Å². The topological polar surface area (TPSA) is 53.0 Å². The van der Waals surface area contributed by atoms with Crippen LogP contribution in [0.15, 0.2) is 83.8 Å². The molecular formula is C28H32N2O3. The van der Waals surface area contributed by atoms with Crippen LogP contribution in [0.1, 0.15) is 30.9 Å². The first-order valence-corrected chi connectivity index (χ1v) is 11.7. The summed E-state index contributed by atoms with van der Waals surface area (Å²) in [6.45, 7) is 4.76. The fourth-order valence-corrected chi connectivity index (χ4v) is 4.45. The summed E-state index contributed by atoms with van der Waals surface area (Å²) in [6.07, 6.45) is 18.8. The van der Waals surface area contributed by atoms with Gasteiger partial charge < -0.3 is 9.84 Å². The van der Waals surface area contributed by atoms with E-state index in [1.165, 1.54) is 5.57 Å². The van der Waals surface area contributed by atoms with Gasteiger partial charge >= 0.3 is 0 Å². The van der Waals surface area contributed by atoms with Gasteiger partial charge in [0.2, 0.25) is 0 Å². The molecule has 0 bridgehead atoms. The standard InChI is InChI=1S/C28H32N2O3/c1-3-5-24-18-23(9-11-27(24)33-2)22-6-4-7-26-10-8-25(20-30(26)28(32)19-22)21-12-14-29(15-13-21)16-17-31/h4,6-12,18-20,31H,3,5,13-17H2,1-2H3/b6-4+,22-19+,26-7+. The molecule has 0 spiro atoms. The molecule has 3 aliphatic rings. The highest BCUT2D eigenvalue weighted by Crippen LogP contribution is 2.30. The lowest BCUT2D eigenvalue weighted by Crippen LogP contribution is -2.32. The highest BCUT2D eigenvalue weighted by atomic mass is 16.5. The van der Waals surface area contributed by atoms with Crippen molar-refractivity contribution >= 4 is 11.5 Å². The van der Waals surface area contributed by atoms with E-state index >= 15 is 0 Å². The average Bonchev–Trinajstić information content (AvgIpc) is 2.83. The number of amides is 1. The summed E-state index contributed by atoms with van der Waals surface area (Å²) in [4.78, 5) is 17.3. The van der Waals surface area contributed by atoms with Crippen molar-refractivity contribution in [3.8, 4) is 5.75 Å². The Kier molecular flexibility index (Phi) is 7.43. The van der Waals surface area contributed by atoms with Crippen molar-refractivity contribution in [1.82, 2.24) is 9.80 Å². The number of carbonyl (C=O) groups is 1. The maximum atomic E-state index is 13.3. The Morgan fingerprint density at radius 2 is 2.03 bits per heavy atom. The van der Waals surface area contributed by atoms with Crippen LogP contribution in [-0.2, 0) is 11.2 Å². The van der Waals surface area contributed by atoms with Crippen LogP contribution in [0.5, 0.6) is 5.75 Å². The van der Waals surface area contributed by atoms with Crippen molar-refractivity contribution in [1.29, 1.82) is 0 Å². The molecule has 0 saturated carbocycles. The quantitative estimate of drug-likeness (QED) is 0.678. The zero-order chi connectivity index (χ0) is 23.2. The monoisotopic (exact) mass is 444 g/mol. The van der Waals surface area contributed by atoms with E-state index in [1.54, 1.807) is 18.1 Å². The predicted molar refractivity (Wildman–Crippen MR) is 132 cm³/mol. The van der Waals surface area contributed by atoms with Gasteiger partial charge in [-0.2, -0.15) is 0 Å².